The molecular formula is C24H27BrN2O3S. The first kappa shape index (κ1) is 22.2. The average Bonchev–Trinajstić information content (AvgIpc) is 3.37. The van der Waals surface area contributed by atoms with Crippen LogP contribution in [0.25, 0.3) is 10.9 Å². The molecule has 1 N–H and O–H groups in total. The fraction of sp³-hybridized carbons (Fsp3) is 0.375. The Labute approximate surface area is 195 Å². The third-order valence-corrected chi connectivity index (χ3v) is 7.44. The van der Waals surface area contributed by atoms with E-state index in [4.69, 9.17) is 4.74 Å². The zero-order chi connectivity index (χ0) is 22.0. The molecule has 0 saturated carbocycles. The fourth-order valence-corrected chi connectivity index (χ4v) is 5.70. The molecule has 164 valence electrons. The number of esters is 1. The summed E-state index contributed by atoms with van der Waals surface area (Å²) in [5.41, 5.74) is 3.19. The number of phenolic OH excluding ortho intramolecular Hbond substituents is 1. The average molecular weight is 503 g/mol. The third-order valence-electron chi connectivity index (χ3n) is 5.82. The quantitative estimate of drug-likeness (QED) is 0.331. The highest BCUT2D eigenvalue weighted by atomic mass is 79.9. The molecule has 2 aromatic carbocycles. The van der Waals surface area contributed by atoms with Gasteiger partial charge >= 0.3 is 5.97 Å². The number of nitrogens with zero attached hydrogens (tertiary/aromatic N) is 2. The van der Waals surface area contributed by atoms with Gasteiger partial charge in [0.25, 0.3) is 0 Å². The van der Waals surface area contributed by atoms with Crippen LogP contribution in [0.3, 0.4) is 0 Å². The number of likely N-dealkylation sites (tertiary alicyclic amines) is 1. The lowest BCUT2D eigenvalue weighted by Gasteiger charge is -2.18. The molecule has 1 fully saturated rings. The summed E-state index contributed by atoms with van der Waals surface area (Å²) >= 11 is 5.21. The summed E-state index contributed by atoms with van der Waals surface area (Å²) in [7, 11) is 1.98. The second-order valence-electron chi connectivity index (χ2n) is 7.77. The van der Waals surface area contributed by atoms with E-state index in [0.717, 1.165) is 53.0 Å². The Bertz CT molecular complexity index is 1090. The minimum absolute atomic E-state index is 0.206. The van der Waals surface area contributed by atoms with Crippen LogP contribution in [0.4, 0.5) is 0 Å². The summed E-state index contributed by atoms with van der Waals surface area (Å²) in [6, 6.07) is 12.1. The highest BCUT2D eigenvalue weighted by Gasteiger charge is 2.28. The lowest BCUT2D eigenvalue weighted by Crippen LogP contribution is -2.19. The molecule has 31 heavy (non-hydrogen) atoms. The lowest BCUT2D eigenvalue weighted by atomic mass is 10.0. The maximum absolute atomic E-state index is 13.1. The maximum atomic E-state index is 13.1. The number of aromatic nitrogens is 1. The van der Waals surface area contributed by atoms with Gasteiger partial charge in [0, 0.05) is 40.9 Å². The van der Waals surface area contributed by atoms with E-state index in [1.54, 1.807) is 11.8 Å². The van der Waals surface area contributed by atoms with Crippen molar-refractivity contribution in [2.24, 2.45) is 7.05 Å². The predicted molar refractivity (Wildman–Crippen MR) is 129 cm³/mol. The van der Waals surface area contributed by atoms with Gasteiger partial charge in [-0.15, -0.1) is 11.8 Å². The smallest absolute Gasteiger partial charge is 0.340 e. The summed E-state index contributed by atoms with van der Waals surface area (Å²) in [6.45, 7) is 4.76. The van der Waals surface area contributed by atoms with E-state index in [1.165, 1.54) is 0 Å². The van der Waals surface area contributed by atoms with Crippen LogP contribution in [0.15, 0.2) is 45.8 Å². The van der Waals surface area contributed by atoms with Gasteiger partial charge < -0.3 is 14.4 Å². The number of phenols is 1. The van der Waals surface area contributed by atoms with E-state index in [1.807, 2.05) is 38.2 Å². The summed E-state index contributed by atoms with van der Waals surface area (Å²) < 4.78 is 8.18. The third kappa shape index (κ3) is 4.49. The first-order chi connectivity index (χ1) is 15.0. The number of aromatic hydroxyl groups is 1. The molecule has 0 atom stereocenters. The van der Waals surface area contributed by atoms with E-state index in [-0.39, 0.29) is 11.7 Å². The number of carbonyl (C=O) groups excluding carboxylic acids is 1. The Morgan fingerprint density at radius 3 is 2.61 bits per heavy atom. The molecule has 0 radical (unpaired) electrons. The summed E-state index contributed by atoms with van der Waals surface area (Å²) in [5.74, 6) is 0.504. The van der Waals surface area contributed by atoms with Crippen molar-refractivity contribution in [1.82, 2.24) is 9.47 Å². The molecule has 5 nitrogen and oxygen atoms in total. The highest BCUT2D eigenvalue weighted by molar-refractivity contribution is 9.10. The number of ether oxygens (including phenoxy) is 1. The molecule has 3 aromatic rings. The second kappa shape index (κ2) is 9.67. The first-order valence-corrected chi connectivity index (χ1v) is 12.4. The minimum Gasteiger partial charge on any atom is -0.506 e. The molecule has 0 unspecified atom stereocenters. The van der Waals surface area contributed by atoms with Crippen molar-refractivity contribution >= 4 is 44.6 Å². The molecule has 2 heterocycles. The maximum Gasteiger partial charge on any atom is 0.340 e. The zero-order valence-electron chi connectivity index (χ0n) is 17.9. The van der Waals surface area contributed by atoms with Crippen molar-refractivity contribution < 1.29 is 14.6 Å². The minimum atomic E-state index is -0.332. The molecular weight excluding hydrogens is 476 g/mol. The van der Waals surface area contributed by atoms with Gasteiger partial charge in [-0.05, 0) is 67.0 Å². The molecule has 4 rings (SSSR count). The van der Waals surface area contributed by atoms with Crippen LogP contribution in [0.1, 0.15) is 41.4 Å². The normalized spacial score (nSPS) is 14.4. The Morgan fingerprint density at radius 1 is 1.23 bits per heavy atom. The van der Waals surface area contributed by atoms with Crippen LogP contribution in [-0.2, 0) is 24.1 Å². The van der Waals surface area contributed by atoms with E-state index in [2.05, 4.69) is 37.5 Å². The Balaban J connectivity index is 1.86. The van der Waals surface area contributed by atoms with Crippen LogP contribution in [0.5, 0.6) is 5.75 Å². The number of halogens is 1. The number of benzene rings is 2. The van der Waals surface area contributed by atoms with Crippen molar-refractivity contribution in [2.45, 2.75) is 37.0 Å². The fourth-order valence-electron chi connectivity index (χ4n) is 4.26. The molecule has 0 aliphatic carbocycles. The van der Waals surface area contributed by atoms with Gasteiger partial charge in [0.2, 0.25) is 0 Å². The monoisotopic (exact) mass is 502 g/mol. The van der Waals surface area contributed by atoms with Crippen molar-refractivity contribution in [2.75, 3.05) is 19.7 Å². The van der Waals surface area contributed by atoms with E-state index >= 15 is 0 Å². The number of thioether (sulfide) groups is 1. The lowest BCUT2D eigenvalue weighted by molar-refractivity contribution is 0.0527. The SMILES string of the molecule is CCOC(=O)c1c(CSc2ccccc2)n(C)c2cc(Br)c(O)c(CN3CCCC3)c12. The van der Waals surface area contributed by atoms with Crippen LogP contribution >= 0.6 is 27.7 Å². The van der Waals surface area contributed by atoms with Crippen LogP contribution in [0, 0.1) is 0 Å². The molecule has 0 spiro atoms. The Morgan fingerprint density at radius 2 is 1.94 bits per heavy atom. The van der Waals surface area contributed by atoms with Crippen molar-refractivity contribution in [3.05, 3.63) is 57.7 Å². The molecule has 1 aliphatic rings. The van der Waals surface area contributed by atoms with Gasteiger partial charge in [-0.25, -0.2) is 4.79 Å². The van der Waals surface area contributed by atoms with E-state index in [0.29, 0.717) is 28.9 Å². The van der Waals surface area contributed by atoms with Crippen LogP contribution in [-0.4, -0.2) is 40.2 Å². The summed E-state index contributed by atoms with van der Waals surface area (Å²) in [6.07, 6.45) is 2.33. The predicted octanol–water partition coefficient (Wildman–Crippen LogP) is 5.71. The number of fused-ring (bicyclic) bond motifs is 1. The molecule has 7 heteroatoms. The first-order valence-electron chi connectivity index (χ1n) is 10.6. The largest absolute Gasteiger partial charge is 0.506 e. The molecule has 0 amide bonds. The number of aryl methyl sites for hydroxylation is 1. The van der Waals surface area contributed by atoms with Crippen LogP contribution in [0.2, 0.25) is 0 Å². The number of hydrogen-bond donors (Lipinski definition) is 1. The van der Waals surface area contributed by atoms with Gasteiger partial charge in [-0.3, -0.25) is 4.90 Å². The number of hydrogen-bond acceptors (Lipinski definition) is 5. The summed E-state index contributed by atoms with van der Waals surface area (Å²) in [5, 5.41) is 11.8. The van der Waals surface area contributed by atoms with Gasteiger partial charge in [-0.2, -0.15) is 0 Å². The van der Waals surface area contributed by atoms with E-state index in [9.17, 15) is 9.90 Å². The topological polar surface area (TPSA) is 54.7 Å². The molecule has 0 bridgehead atoms. The van der Waals surface area contributed by atoms with Crippen molar-refractivity contribution in [1.29, 1.82) is 0 Å². The van der Waals surface area contributed by atoms with Crippen molar-refractivity contribution in [3.63, 3.8) is 0 Å². The number of rotatable bonds is 7. The zero-order valence-corrected chi connectivity index (χ0v) is 20.3. The van der Waals surface area contributed by atoms with Gasteiger partial charge in [-0.1, -0.05) is 18.2 Å². The highest BCUT2D eigenvalue weighted by Crippen LogP contribution is 2.41. The van der Waals surface area contributed by atoms with Crippen molar-refractivity contribution in [3.8, 4) is 5.75 Å². The standard InChI is InChI=1S/C24H27BrN2O3S/c1-3-30-24(29)22-20(15-31-16-9-5-4-6-10-16)26(2)19-13-18(25)23(28)17(21(19)22)14-27-11-7-8-12-27/h4-6,9-10,13,28H,3,7-8,11-12,14-15H2,1-2H3. The summed E-state index contributed by atoms with van der Waals surface area (Å²) in [4.78, 5) is 16.6. The Hall–Kier alpha value is -1.96. The number of carbonyl (C=O) groups is 1. The van der Waals surface area contributed by atoms with Crippen LogP contribution < -0.4 is 0 Å². The molecule has 1 aliphatic heterocycles. The van der Waals surface area contributed by atoms with E-state index < -0.39 is 0 Å². The second-order valence-corrected chi connectivity index (χ2v) is 9.67. The van der Waals surface area contributed by atoms with Gasteiger partial charge in [0.05, 0.1) is 22.2 Å². The molecule has 1 saturated heterocycles. The van der Waals surface area contributed by atoms with Gasteiger partial charge in [0.15, 0.2) is 0 Å². The van der Waals surface area contributed by atoms with Gasteiger partial charge in [0.1, 0.15) is 5.75 Å². The Kier molecular flexibility index (Phi) is 6.94. The molecule has 1 aromatic heterocycles.